The first kappa shape index (κ1) is 18.2. The molecule has 0 amide bonds. The van der Waals surface area contributed by atoms with Crippen LogP contribution in [-0.4, -0.2) is 38.8 Å². The van der Waals surface area contributed by atoms with Crippen LogP contribution in [0.3, 0.4) is 0 Å². The van der Waals surface area contributed by atoms with Gasteiger partial charge in [0.05, 0.1) is 5.57 Å². The predicted molar refractivity (Wildman–Crippen MR) is 97.4 cm³/mol. The summed E-state index contributed by atoms with van der Waals surface area (Å²) in [5, 5.41) is 19.8. The molecule has 0 unspecified atom stereocenters. The molecule has 1 aromatic rings. The first-order valence-corrected chi connectivity index (χ1v) is 8.29. The summed E-state index contributed by atoms with van der Waals surface area (Å²) < 4.78 is 0. The highest BCUT2D eigenvalue weighted by atomic mass is 16.3. The van der Waals surface area contributed by atoms with E-state index in [1.807, 2.05) is 0 Å². The van der Waals surface area contributed by atoms with Crippen LogP contribution >= 0.6 is 0 Å². The summed E-state index contributed by atoms with van der Waals surface area (Å²) in [5.74, 6) is -1.49. The molecule has 0 atom stereocenters. The molecule has 1 aromatic carbocycles. The summed E-state index contributed by atoms with van der Waals surface area (Å²) in [6.45, 7) is 5.53. The van der Waals surface area contributed by atoms with E-state index in [9.17, 15) is 24.6 Å². The van der Waals surface area contributed by atoms with E-state index < -0.39 is 28.6 Å². The second kappa shape index (κ2) is 5.69. The Labute approximate surface area is 151 Å². The lowest BCUT2D eigenvalue weighted by molar-refractivity contribution is -0.131. The zero-order chi connectivity index (χ0) is 19.4. The van der Waals surface area contributed by atoms with Crippen molar-refractivity contribution in [2.24, 2.45) is 0 Å². The van der Waals surface area contributed by atoms with Crippen molar-refractivity contribution < 1.29 is 24.6 Å². The minimum absolute atomic E-state index is 0.0619. The maximum absolute atomic E-state index is 12.7. The Morgan fingerprint density at radius 3 is 2.08 bits per heavy atom. The van der Waals surface area contributed by atoms with Crippen LogP contribution in [0.2, 0.25) is 0 Å². The fourth-order valence-corrected chi connectivity index (χ4v) is 3.06. The third kappa shape index (κ3) is 2.89. The van der Waals surface area contributed by atoms with Crippen molar-refractivity contribution >= 4 is 29.0 Å². The fourth-order valence-electron chi connectivity index (χ4n) is 3.06. The molecule has 0 spiro atoms. The number of Topliss-reactive ketones (excluding diaryl/α,β-unsaturated/α-hetero) is 3. The monoisotopic (exact) mass is 352 g/mol. The Kier molecular flexibility index (Phi) is 3.98. The van der Waals surface area contributed by atoms with Crippen LogP contribution in [0, 0.1) is 0 Å². The first-order chi connectivity index (χ1) is 11.9. The standard InChI is InChI=1S/C21H20O5/c1-20(2,25)18(23)11-5-6-13-12(9-11)10-16-14(13)7-8-15(17(16)22)19(24)21(3,4)26/h5-10,25-26H,1-4H3. The molecule has 5 heteroatoms. The molecule has 26 heavy (non-hydrogen) atoms. The van der Waals surface area contributed by atoms with E-state index in [2.05, 4.69) is 0 Å². The van der Waals surface area contributed by atoms with Crippen LogP contribution < -0.4 is 0 Å². The van der Waals surface area contributed by atoms with Gasteiger partial charge in [-0.2, -0.15) is 0 Å². The topological polar surface area (TPSA) is 91.7 Å². The van der Waals surface area contributed by atoms with Crippen molar-refractivity contribution in [3.63, 3.8) is 0 Å². The van der Waals surface area contributed by atoms with Gasteiger partial charge >= 0.3 is 0 Å². The smallest absolute Gasteiger partial charge is 0.197 e. The van der Waals surface area contributed by atoms with Gasteiger partial charge in [0.15, 0.2) is 17.3 Å². The van der Waals surface area contributed by atoms with Crippen molar-refractivity contribution in [2.75, 3.05) is 0 Å². The molecule has 0 bridgehead atoms. The lowest BCUT2D eigenvalue weighted by atomic mass is 9.85. The normalized spacial score (nSPS) is 16.4. The van der Waals surface area contributed by atoms with Gasteiger partial charge in [0.25, 0.3) is 0 Å². The predicted octanol–water partition coefficient (Wildman–Crippen LogP) is 2.27. The number of fused-ring (bicyclic) bond motifs is 3. The van der Waals surface area contributed by atoms with Crippen molar-refractivity contribution in [3.8, 4) is 0 Å². The van der Waals surface area contributed by atoms with Crippen LogP contribution in [0.25, 0.3) is 11.6 Å². The Balaban J connectivity index is 2.02. The lowest BCUT2D eigenvalue weighted by Gasteiger charge is -2.20. The maximum atomic E-state index is 12.7. The Hall–Kier alpha value is -2.63. The molecule has 2 aliphatic carbocycles. The van der Waals surface area contributed by atoms with Gasteiger partial charge in [-0.15, -0.1) is 0 Å². The van der Waals surface area contributed by atoms with Crippen LogP contribution in [0.1, 0.15) is 49.2 Å². The van der Waals surface area contributed by atoms with Crippen molar-refractivity contribution in [3.05, 3.63) is 58.2 Å². The van der Waals surface area contributed by atoms with E-state index >= 15 is 0 Å². The molecular weight excluding hydrogens is 332 g/mol. The van der Waals surface area contributed by atoms with Gasteiger partial charge in [0.1, 0.15) is 11.2 Å². The van der Waals surface area contributed by atoms with Crippen LogP contribution in [0.15, 0.2) is 41.5 Å². The molecule has 0 heterocycles. The Bertz CT molecular complexity index is 944. The number of allylic oxidation sites excluding steroid dienone is 4. The number of benzene rings is 1. The van der Waals surface area contributed by atoms with Crippen molar-refractivity contribution in [1.29, 1.82) is 0 Å². The highest BCUT2D eigenvalue weighted by Gasteiger charge is 2.37. The highest BCUT2D eigenvalue weighted by molar-refractivity contribution is 6.36. The number of ketones is 3. The zero-order valence-corrected chi connectivity index (χ0v) is 15.1. The molecule has 0 aliphatic heterocycles. The van der Waals surface area contributed by atoms with Crippen LogP contribution in [0.4, 0.5) is 0 Å². The number of hydrogen-bond donors (Lipinski definition) is 2. The molecule has 2 N–H and O–H groups in total. The lowest BCUT2D eigenvalue weighted by Crippen LogP contribution is -2.35. The second-order valence-corrected chi connectivity index (χ2v) is 7.63. The summed E-state index contributed by atoms with van der Waals surface area (Å²) in [7, 11) is 0. The number of carbonyl (C=O) groups excluding carboxylic acids is 3. The number of carbonyl (C=O) groups is 3. The summed E-state index contributed by atoms with van der Waals surface area (Å²) in [6.07, 6.45) is 4.74. The SMILES string of the molecule is CC(C)(O)C(=O)C1=CC=C2C(=Cc3cc(C(=O)C(C)(C)O)ccc32)C1=O. The quantitative estimate of drug-likeness (QED) is 0.641. The Morgan fingerprint density at radius 2 is 1.50 bits per heavy atom. The molecule has 5 nitrogen and oxygen atoms in total. The van der Waals surface area contributed by atoms with Gasteiger partial charge in [-0.3, -0.25) is 14.4 Å². The van der Waals surface area contributed by atoms with Crippen molar-refractivity contribution in [2.45, 2.75) is 38.9 Å². The molecule has 134 valence electrons. The molecule has 0 aromatic heterocycles. The van der Waals surface area contributed by atoms with Crippen LogP contribution in [0.5, 0.6) is 0 Å². The van der Waals surface area contributed by atoms with Gasteiger partial charge in [-0.25, -0.2) is 0 Å². The third-order valence-corrected chi connectivity index (χ3v) is 4.46. The van der Waals surface area contributed by atoms with Crippen LogP contribution in [-0.2, 0) is 9.59 Å². The molecular formula is C21H20O5. The van der Waals surface area contributed by atoms with Gasteiger partial charge in [-0.05, 0) is 62.6 Å². The maximum Gasteiger partial charge on any atom is 0.197 e. The van der Waals surface area contributed by atoms with E-state index in [0.717, 1.165) is 5.56 Å². The summed E-state index contributed by atoms with van der Waals surface area (Å²) in [5.41, 5.74) is -0.330. The van der Waals surface area contributed by atoms with Crippen molar-refractivity contribution in [1.82, 2.24) is 0 Å². The molecule has 0 fully saturated rings. The molecule has 0 saturated carbocycles. The zero-order valence-electron chi connectivity index (χ0n) is 15.1. The van der Waals surface area contributed by atoms with E-state index in [1.54, 1.807) is 30.4 Å². The number of rotatable bonds is 4. The molecule has 2 aliphatic rings. The first-order valence-electron chi connectivity index (χ1n) is 8.29. The van der Waals surface area contributed by atoms with E-state index in [4.69, 9.17) is 0 Å². The second-order valence-electron chi connectivity index (χ2n) is 7.63. The van der Waals surface area contributed by atoms with E-state index in [1.165, 1.54) is 33.8 Å². The fraction of sp³-hybridized carbons (Fsp3) is 0.286. The highest BCUT2D eigenvalue weighted by Crippen LogP contribution is 2.40. The van der Waals surface area contributed by atoms with Gasteiger partial charge in [0.2, 0.25) is 0 Å². The van der Waals surface area contributed by atoms with E-state index in [0.29, 0.717) is 22.3 Å². The average molecular weight is 352 g/mol. The molecule has 3 rings (SSSR count). The molecule has 0 saturated heterocycles. The number of hydrogen-bond acceptors (Lipinski definition) is 5. The van der Waals surface area contributed by atoms with E-state index in [-0.39, 0.29) is 5.57 Å². The summed E-state index contributed by atoms with van der Waals surface area (Å²) in [4.78, 5) is 37.3. The molecule has 0 radical (unpaired) electrons. The Morgan fingerprint density at radius 1 is 0.885 bits per heavy atom. The van der Waals surface area contributed by atoms with Gasteiger partial charge < -0.3 is 10.2 Å². The number of aliphatic hydroxyl groups is 2. The summed E-state index contributed by atoms with van der Waals surface area (Å²) >= 11 is 0. The summed E-state index contributed by atoms with van der Waals surface area (Å²) in [6, 6.07) is 4.97. The van der Waals surface area contributed by atoms with Gasteiger partial charge in [0, 0.05) is 11.1 Å². The average Bonchev–Trinajstić information content (AvgIpc) is 2.91. The third-order valence-electron chi connectivity index (χ3n) is 4.46. The minimum Gasteiger partial charge on any atom is -0.382 e. The largest absolute Gasteiger partial charge is 0.382 e. The van der Waals surface area contributed by atoms with Gasteiger partial charge in [-0.1, -0.05) is 18.2 Å². The minimum atomic E-state index is -1.63.